The van der Waals surface area contributed by atoms with Gasteiger partial charge in [0.2, 0.25) is 15.9 Å². The molecule has 2 aromatic rings. The van der Waals surface area contributed by atoms with Crippen LogP contribution < -0.4 is 4.90 Å². The van der Waals surface area contributed by atoms with Crippen molar-refractivity contribution in [2.24, 2.45) is 0 Å². The fraction of sp³-hybridized carbons (Fsp3) is 0.364. The lowest BCUT2D eigenvalue weighted by atomic mass is 10.1. The number of carbonyl (C=O) groups is 1. The van der Waals surface area contributed by atoms with Crippen molar-refractivity contribution in [3.8, 4) is 6.07 Å². The summed E-state index contributed by atoms with van der Waals surface area (Å²) in [5.74, 6) is 0.0208. The second-order valence-electron chi connectivity index (χ2n) is 6.98. The minimum atomic E-state index is -3.51. The van der Waals surface area contributed by atoms with Crippen molar-refractivity contribution in [2.45, 2.75) is 38.0 Å². The molecule has 1 aliphatic heterocycles. The zero-order valence-electron chi connectivity index (χ0n) is 16.8. The molecule has 0 bridgehead atoms. The van der Waals surface area contributed by atoms with E-state index in [0.717, 1.165) is 16.8 Å². The maximum Gasteiger partial charge on any atom is 0.243 e. The van der Waals surface area contributed by atoms with Crippen molar-refractivity contribution < 1.29 is 13.2 Å². The second-order valence-corrected chi connectivity index (χ2v) is 8.92. The van der Waals surface area contributed by atoms with Crippen molar-refractivity contribution in [1.82, 2.24) is 4.31 Å². The Labute approximate surface area is 172 Å². The summed E-state index contributed by atoms with van der Waals surface area (Å²) in [6.45, 7) is 5.06. The van der Waals surface area contributed by atoms with Crippen LogP contribution in [0, 0.1) is 11.3 Å². The maximum atomic E-state index is 12.7. The smallest absolute Gasteiger partial charge is 0.243 e. The van der Waals surface area contributed by atoms with E-state index < -0.39 is 10.0 Å². The lowest BCUT2D eigenvalue weighted by molar-refractivity contribution is -0.118. The molecule has 1 amide bonds. The second kappa shape index (κ2) is 8.76. The predicted molar refractivity (Wildman–Crippen MR) is 112 cm³/mol. The summed E-state index contributed by atoms with van der Waals surface area (Å²) in [5, 5.41) is 8.86. The topological polar surface area (TPSA) is 81.5 Å². The van der Waals surface area contributed by atoms with Gasteiger partial charge in [0.25, 0.3) is 0 Å². The SMILES string of the molecule is CCN(CC)S(=O)(=O)c1ccc2c(c1)CCN2C(=O)CCc1ccc(C#N)cc1. The predicted octanol–water partition coefficient (Wildman–Crippen LogP) is 3.11. The number of nitriles is 1. The van der Waals surface area contributed by atoms with E-state index in [1.807, 2.05) is 26.0 Å². The quantitative estimate of drug-likeness (QED) is 0.701. The molecule has 1 aliphatic rings. The van der Waals surface area contributed by atoms with Crippen LogP contribution >= 0.6 is 0 Å². The standard InChI is InChI=1S/C22H25N3O3S/c1-3-24(4-2)29(27,28)20-10-11-21-19(15-20)13-14-25(21)22(26)12-9-17-5-7-18(16-23)8-6-17/h5-8,10-11,15H,3-4,9,12-14H2,1-2H3. The molecule has 3 rings (SSSR count). The highest BCUT2D eigenvalue weighted by Crippen LogP contribution is 2.31. The average Bonchev–Trinajstić information content (AvgIpc) is 3.16. The fourth-order valence-electron chi connectivity index (χ4n) is 3.64. The molecule has 0 unspecified atom stereocenters. The van der Waals surface area contributed by atoms with Crippen molar-refractivity contribution in [3.63, 3.8) is 0 Å². The van der Waals surface area contributed by atoms with Gasteiger partial charge in [0, 0.05) is 31.7 Å². The highest BCUT2D eigenvalue weighted by atomic mass is 32.2. The van der Waals surface area contributed by atoms with E-state index in [1.54, 1.807) is 35.2 Å². The van der Waals surface area contributed by atoms with Crippen molar-refractivity contribution in [3.05, 3.63) is 59.2 Å². The van der Waals surface area contributed by atoms with Gasteiger partial charge in [-0.1, -0.05) is 26.0 Å². The molecule has 7 heteroatoms. The summed E-state index contributed by atoms with van der Waals surface area (Å²) < 4.78 is 26.9. The van der Waals surface area contributed by atoms with Gasteiger partial charge in [0.15, 0.2) is 0 Å². The zero-order valence-corrected chi connectivity index (χ0v) is 17.6. The number of sulfonamides is 1. The van der Waals surface area contributed by atoms with Crippen molar-refractivity contribution in [1.29, 1.82) is 5.26 Å². The summed E-state index contributed by atoms with van der Waals surface area (Å²) in [5.41, 5.74) is 3.31. The summed E-state index contributed by atoms with van der Waals surface area (Å²) in [6.07, 6.45) is 1.62. The van der Waals surface area contributed by atoms with Crippen LogP contribution in [-0.2, 0) is 27.7 Å². The van der Waals surface area contributed by atoms with Crippen LogP contribution in [-0.4, -0.2) is 38.3 Å². The minimum absolute atomic E-state index is 0.0208. The third-order valence-corrected chi connectivity index (χ3v) is 7.35. The number of hydrogen-bond acceptors (Lipinski definition) is 4. The largest absolute Gasteiger partial charge is 0.312 e. The van der Waals surface area contributed by atoms with Gasteiger partial charge < -0.3 is 4.90 Å². The number of nitrogens with zero attached hydrogens (tertiary/aromatic N) is 3. The Kier molecular flexibility index (Phi) is 6.36. The molecule has 0 spiro atoms. The first-order valence-corrected chi connectivity index (χ1v) is 11.3. The molecule has 6 nitrogen and oxygen atoms in total. The Hall–Kier alpha value is -2.69. The van der Waals surface area contributed by atoms with Gasteiger partial charge >= 0.3 is 0 Å². The van der Waals surface area contributed by atoms with Gasteiger partial charge in [0.1, 0.15) is 0 Å². The van der Waals surface area contributed by atoms with Gasteiger partial charge in [-0.25, -0.2) is 8.42 Å². The molecule has 0 aromatic heterocycles. The number of amides is 1. The molecular formula is C22H25N3O3S. The van der Waals surface area contributed by atoms with Crippen LogP contribution in [0.4, 0.5) is 5.69 Å². The van der Waals surface area contributed by atoms with Crippen LogP contribution in [0.2, 0.25) is 0 Å². The number of hydrogen-bond donors (Lipinski definition) is 0. The lowest BCUT2D eigenvalue weighted by Gasteiger charge is -2.20. The third-order valence-electron chi connectivity index (χ3n) is 5.30. The van der Waals surface area contributed by atoms with Crippen LogP contribution in [0.3, 0.4) is 0 Å². The number of rotatable bonds is 7. The van der Waals surface area contributed by atoms with Gasteiger partial charge in [0.05, 0.1) is 16.5 Å². The molecule has 0 saturated heterocycles. The molecule has 0 N–H and O–H groups in total. The Bertz CT molecular complexity index is 1040. The van der Waals surface area contributed by atoms with Gasteiger partial charge in [-0.3, -0.25) is 4.79 Å². The van der Waals surface area contributed by atoms with Crippen molar-refractivity contribution in [2.75, 3.05) is 24.5 Å². The van der Waals surface area contributed by atoms with Crippen LogP contribution in [0.5, 0.6) is 0 Å². The highest BCUT2D eigenvalue weighted by molar-refractivity contribution is 7.89. The van der Waals surface area contributed by atoms with E-state index in [4.69, 9.17) is 5.26 Å². The summed E-state index contributed by atoms with van der Waals surface area (Å²) in [7, 11) is -3.51. The van der Waals surface area contributed by atoms with Crippen LogP contribution in [0.15, 0.2) is 47.4 Å². The molecule has 1 heterocycles. The third kappa shape index (κ3) is 4.34. The number of aryl methyl sites for hydroxylation is 1. The van der Waals surface area contributed by atoms with Crippen LogP contribution in [0.25, 0.3) is 0 Å². The molecule has 0 saturated carbocycles. The van der Waals surface area contributed by atoms with Gasteiger partial charge in [-0.15, -0.1) is 0 Å². The lowest BCUT2D eigenvalue weighted by Crippen LogP contribution is -2.30. The summed E-state index contributed by atoms with van der Waals surface area (Å²) in [4.78, 5) is 14.8. The van der Waals surface area contributed by atoms with Crippen molar-refractivity contribution >= 4 is 21.6 Å². The average molecular weight is 412 g/mol. The molecule has 29 heavy (non-hydrogen) atoms. The van der Waals surface area contributed by atoms with E-state index >= 15 is 0 Å². The van der Waals surface area contributed by atoms with E-state index in [2.05, 4.69) is 6.07 Å². The molecule has 152 valence electrons. The molecule has 0 atom stereocenters. The normalized spacial score (nSPS) is 13.4. The monoisotopic (exact) mass is 411 g/mol. The summed E-state index contributed by atoms with van der Waals surface area (Å²) in [6, 6.07) is 14.4. The molecule has 0 aliphatic carbocycles. The number of fused-ring (bicyclic) bond motifs is 1. The molecule has 0 fully saturated rings. The molecule has 0 radical (unpaired) electrons. The molecular weight excluding hydrogens is 386 g/mol. The van der Waals surface area contributed by atoms with Crippen LogP contribution in [0.1, 0.15) is 37.0 Å². The first-order valence-electron chi connectivity index (χ1n) is 9.83. The first kappa shape index (κ1) is 21.0. The molecule has 2 aromatic carbocycles. The number of benzene rings is 2. The maximum absolute atomic E-state index is 12.7. The Balaban J connectivity index is 1.72. The van der Waals surface area contributed by atoms with E-state index in [9.17, 15) is 13.2 Å². The Morgan fingerprint density at radius 3 is 2.45 bits per heavy atom. The zero-order chi connectivity index (χ0) is 21.0. The van der Waals surface area contributed by atoms with Gasteiger partial charge in [-0.05, 0) is 54.3 Å². The number of anilines is 1. The van der Waals surface area contributed by atoms with E-state index in [0.29, 0.717) is 44.5 Å². The van der Waals surface area contributed by atoms with E-state index in [1.165, 1.54) is 4.31 Å². The van der Waals surface area contributed by atoms with Gasteiger partial charge in [-0.2, -0.15) is 9.57 Å². The Morgan fingerprint density at radius 2 is 1.83 bits per heavy atom. The Morgan fingerprint density at radius 1 is 1.14 bits per heavy atom. The summed E-state index contributed by atoms with van der Waals surface area (Å²) >= 11 is 0. The van der Waals surface area contributed by atoms with E-state index in [-0.39, 0.29) is 10.8 Å². The first-order chi connectivity index (χ1) is 13.9. The minimum Gasteiger partial charge on any atom is -0.312 e. The fourth-order valence-corrected chi connectivity index (χ4v) is 5.15. The number of carbonyl (C=O) groups excluding carboxylic acids is 1. The highest BCUT2D eigenvalue weighted by Gasteiger charge is 2.28.